The zero-order valence-corrected chi connectivity index (χ0v) is 23.5. The first-order valence-corrected chi connectivity index (χ1v) is 14.9. The van der Waals surface area contributed by atoms with E-state index in [1.54, 1.807) is 37.3 Å². The van der Waals surface area contributed by atoms with Crippen molar-refractivity contribution in [3.05, 3.63) is 53.7 Å². The van der Waals surface area contributed by atoms with Gasteiger partial charge < -0.3 is 20.1 Å². The van der Waals surface area contributed by atoms with Crippen LogP contribution in [0.3, 0.4) is 0 Å². The Morgan fingerprint density at radius 3 is 2.38 bits per heavy atom. The first kappa shape index (κ1) is 28.8. The second-order valence-corrected chi connectivity index (χ2v) is 12.5. The largest absolute Gasteiger partial charge is 0.406 e. The van der Waals surface area contributed by atoms with Crippen LogP contribution in [-0.4, -0.2) is 63.0 Å². The molecule has 4 rings (SSSR count). The number of sulfone groups is 1. The van der Waals surface area contributed by atoms with Gasteiger partial charge in [-0.2, -0.15) is 13.2 Å². The van der Waals surface area contributed by atoms with Gasteiger partial charge in [0.25, 0.3) is 0 Å². The monoisotopic (exact) mass is 560 g/mol. The summed E-state index contributed by atoms with van der Waals surface area (Å²) in [6.45, 7) is 0.845. The SMILES string of the molecule is Cc1cc(S(C)(=O)=O)ccc1NCC#Cc1cc2c(NC3CCC(N(C)C)CC3)cccc2n1CC(F)(F)F. The maximum atomic E-state index is 13.5. The van der Waals surface area contributed by atoms with Crippen molar-refractivity contribution in [3.8, 4) is 11.8 Å². The molecule has 2 aromatic carbocycles. The number of rotatable bonds is 7. The minimum atomic E-state index is -4.40. The second kappa shape index (κ2) is 11.5. The molecule has 1 aromatic heterocycles. The highest BCUT2D eigenvalue weighted by molar-refractivity contribution is 7.90. The molecule has 1 heterocycles. The lowest BCUT2D eigenvalue weighted by molar-refractivity contribution is -0.140. The number of hydrogen-bond donors (Lipinski definition) is 2. The fourth-order valence-corrected chi connectivity index (χ4v) is 5.87. The molecule has 1 fully saturated rings. The molecule has 0 aliphatic heterocycles. The van der Waals surface area contributed by atoms with Gasteiger partial charge in [-0.3, -0.25) is 0 Å². The molecule has 0 spiro atoms. The van der Waals surface area contributed by atoms with E-state index in [-0.39, 0.29) is 17.5 Å². The molecule has 1 saturated carbocycles. The summed E-state index contributed by atoms with van der Waals surface area (Å²) in [7, 11) is 0.875. The number of nitrogens with zero attached hydrogens (tertiary/aromatic N) is 2. The Hall–Kier alpha value is -3.16. The molecule has 2 N–H and O–H groups in total. The number of hydrogen-bond acceptors (Lipinski definition) is 5. The van der Waals surface area contributed by atoms with Crippen molar-refractivity contribution in [1.82, 2.24) is 9.47 Å². The zero-order chi connectivity index (χ0) is 28.4. The van der Waals surface area contributed by atoms with Gasteiger partial charge in [-0.05, 0) is 94.6 Å². The predicted octanol–water partition coefficient (Wildman–Crippen LogP) is 5.66. The van der Waals surface area contributed by atoms with Gasteiger partial charge in [-0.25, -0.2) is 8.42 Å². The molecule has 1 aliphatic rings. The number of anilines is 2. The minimum absolute atomic E-state index is 0.187. The van der Waals surface area contributed by atoms with E-state index in [9.17, 15) is 21.6 Å². The fraction of sp³-hybridized carbons (Fsp3) is 0.448. The van der Waals surface area contributed by atoms with Crippen molar-refractivity contribution in [2.75, 3.05) is 37.5 Å². The summed E-state index contributed by atoms with van der Waals surface area (Å²) in [6.07, 6.45) is 0.923. The quantitative estimate of drug-likeness (QED) is 0.365. The van der Waals surface area contributed by atoms with Crippen LogP contribution in [0.25, 0.3) is 10.9 Å². The highest BCUT2D eigenvalue weighted by atomic mass is 32.2. The van der Waals surface area contributed by atoms with Crippen LogP contribution < -0.4 is 10.6 Å². The molecule has 0 atom stereocenters. The van der Waals surface area contributed by atoms with E-state index in [4.69, 9.17) is 0 Å². The van der Waals surface area contributed by atoms with Crippen LogP contribution >= 0.6 is 0 Å². The smallest absolute Gasteiger partial charge is 0.382 e. The van der Waals surface area contributed by atoms with Gasteiger partial charge in [0.1, 0.15) is 6.54 Å². The molecule has 0 unspecified atom stereocenters. The van der Waals surface area contributed by atoms with Gasteiger partial charge in [0.2, 0.25) is 0 Å². The Kier molecular flexibility index (Phi) is 8.52. The molecule has 0 saturated heterocycles. The summed E-state index contributed by atoms with van der Waals surface area (Å²) < 4.78 is 65.3. The third kappa shape index (κ3) is 7.28. The van der Waals surface area contributed by atoms with Gasteiger partial charge in [0.05, 0.1) is 22.7 Å². The maximum absolute atomic E-state index is 13.5. The van der Waals surface area contributed by atoms with Gasteiger partial charge >= 0.3 is 6.18 Å². The Morgan fingerprint density at radius 1 is 1.05 bits per heavy atom. The minimum Gasteiger partial charge on any atom is -0.382 e. The highest BCUT2D eigenvalue weighted by Gasteiger charge is 2.30. The molecule has 10 heteroatoms. The lowest BCUT2D eigenvalue weighted by Crippen LogP contribution is -2.36. The van der Waals surface area contributed by atoms with E-state index < -0.39 is 22.6 Å². The summed E-state index contributed by atoms with van der Waals surface area (Å²) >= 11 is 0. The zero-order valence-electron chi connectivity index (χ0n) is 22.7. The van der Waals surface area contributed by atoms with Gasteiger partial charge in [-0.1, -0.05) is 12.0 Å². The standard InChI is InChI=1S/C29H35F3N4O2S/c1-20-17-24(39(4,37)38)14-15-26(20)33-16-6-7-23-18-25-27(34-21-10-12-22(13-11-21)35(2)3)8-5-9-28(25)36(23)19-29(30,31)32/h5,8-9,14-15,17-18,21-22,33-34H,10-13,16,19H2,1-4H3. The number of alkyl halides is 3. The van der Waals surface area contributed by atoms with E-state index >= 15 is 0 Å². The summed E-state index contributed by atoms with van der Waals surface area (Å²) in [4.78, 5) is 2.48. The van der Waals surface area contributed by atoms with Crippen LogP contribution in [0.5, 0.6) is 0 Å². The molecule has 39 heavy (non-hydrogen) atoms. The summed E-state index contributed by atoms with van der Waals surface area (Å²) in [5.41, 5.74) is 3.05. The summed E-state index contributed by atoms with van der Waals surface area (Å²) in [5, 5.41) is 7.43. The second-order valence-electron chi connectivity index (χ2n) is 10.5. The third-order valence-electron chi connectivity index (χ3n) is 7.28. The van der Waals surface area contributed by atoms with Crippen LogP contribution in [0.15, 0.2) is 47.4 Å². The first-order chi connectivity index (χ1) is 18.3. The topological polar surface area (TPSA) is 66.4 Å². The normalized spacial score (nSPS) is 18.2. The lowest BCUT2D eigenvalue weighted by Gasteiger charge is -2.33. The van der Waals surface area contributed by atoms with E-state index in [0.29, 0.717) is 22.9 Å². The van der Waals surface area contributed by atoms with Crippen LogP contribution in [0.4, 0.5) is 24.5 Å². The van der Waals surface area contributed by atoms with Gasteiger partial charge in [0, 0.05) is 35.1 Å². The number of aromatic nitrogens is 1. The molecule has 3 aromatic rings. The van der Waals surface area contributed by atoms with Crippen LogP contribution in [0.1, 0.15) is 36.9 Å². The molecule has 210 valence electrons. The van der Waals surface area contributed by atoms with E-state index in [1.807, 2.05) is 6.07 Å². The van der Waals surface area contributed by atoms with Crippen molar-refractivity contribution in [2.45, 2.75) is 62.3 Å². The molecular weight excluding hydrogens is 525 g/mol. The summed E-state index contributed by atoms with van der Waals surface area (Å²) in [5.74, 6) is 5.85. The number of fused-ring (bicyclic) bond motifs is 1. The molecule has 1 aliphatic carbocycles. The maximum Gasteiger partial charge on any atom is 0.406 e. The molecule has 6 nitrogen and oxygen atoms in total. The van der Waals surface area contributed by atoms with E-state index in [0.717, 1.165) is 48.6 Å². The molecule has 0 radical (unpaired) electrons. The van der Waals surface area contributed by atoms with Crippen molar-refractivity contribution >= 4 is 32.1 Å². The van der Waals surface area contributed by atoms with Crippen molar-refractivity contribution in [2.24, 2.45) is 0 Å². The van der Waals surface area contributed by atoms with Crippen LogP contribution in [0.2, 0.25) is 0 Å². The molecule has 0 bridgehead atoms. The third-order valence-corrected chi connectivity index (χ3v) is 8.39. The average molecular weight is 561 g/mol. The van der Waals surface area contributed by atoms with Crippen molar-refractivity contribution in [1.29, 1.82) is 0 Å². The van der Waals surface area contributed by atoms with Crippen LogP contribution in [0, 0.1) is 18.8 Å². The predicted molar refractivity (Wildman–Crippen MR) is 151 cm³/mol. The van der Waals surface area contributed by atoms with Gasteiger partial charge in [0.15, 0.2) is 9.84 Å². The average Bonchev–Trinajstić information content (AvgIpc) is 3.19. The number of benzene rings is 2. The molecule has 0 amide bonds. The lowest BCUT2D eigenvalue weighted by atomic mass is 9.90. The summed E-state index contributed by atoms with van der Waals surface area (Å²) in [6, 6.07) is 12.7. The Morgan fingerprint density at radius 2 is 1.77 bits per heavy atom. The van der Waals surface area contributed by atoms with E-state index in [2.05, 4.69) is 41.5 Å². The van der Waals surface area contributed by atoms with Gasteiger partial charge in [-0.15, -0.1) is 0 Å². The highest BCUT2D eigenvalue weighted by Crippen LogP contribution is 2.32. The number of nitrogens with one attached hydrogen (secondary N) is 2. The number of halogens is 3. The Balaban J connectivity index is 1.56. The first-order valence-electron chi connectivity index (χ1n) is 13.0. The molecular formula is C29H35F3N4O2S. The van der Waals surface area contributed by atoms with Crippen LogP contribution in [-0.2, 0) is 16.4 Å². The Bertz CT molecular complexity index is 1490. The van der Waals surface area contributed by atoms with Crippen molar-refractivity contribution < 1.29 is 21.6 Å². The Labute approximate surface area is 228 Å². The van der Waals surface area contributed by atoms with E-state index in [1.165, 1.54) is 10.6 Å². The van der Waals surface area contributed by atoms with Crippen molar-refractivity contribution in [3.63, 3.8) is 0 Å². The number of aryl methyl sites for hydroxylation is 1. The fourth-order valence-electron chi connectivity index (χ4n) is 5.16.